The largest absolute Gasteiger partial charge is 0.303 e. The van der Waals surface area contributed by atoms with Crippen molar-refractivity contribution in [3.8, 4) is 0 Å². The average molecular weight is 301 g/mol. The molecule has 0 saturated heterocycles. The maximum absolute atomic E-state index is 10.7. The molecule has 2 fully saturated rings. The maximum atomic E-state index is 10.7. The molecule has 3 atom stereocenters. The lowest BCUT2D eigenvalue weighted by Gasteiger charge is -2.41. The third-order valence-electron chi connectivity index (χ3n) is 4.68. The van der Waals surface area contributed by atoms with Crippen LogP contribution in [-0.2, 0) is 4.79 Å². The van der Waals surface area contributed by atoms with E-state index in [0.717, 1.165) is 18.6 Å². The van der Waals surface area contributed by atoms with Gasteiger partial charge in [-0.25, -0.2) is 0 Å². The van der Waals surface area contributed by atoms with E-state index in [9.17, 15) is 4.79 Å². The van der Waals surface area contributed by atoms with Crippen molar-refractivity contribution < 1.29 is 4.79 Å². The Bertz CT molecular complexity index is 285. The highest BCUT2D eigenvalue weighted by molar-refractivity contribution is 9.11. The van der Waals surface area contributed by atoms with E-state index in [1.807, 2.05) is 13.8 Å². The van der Waals surface area contributed by atoms with E-state index in [1.165, 1.54) is 32.1 Å². The number of carbonyl (C=O) groups excluding carboxylic acids is 1. The summed E-state index contributed by atoms with van der Waals surface area (Å²) in [6, 6.07) is 0. The number of hydrogen-bond acceptors (Lipinski definition) is 1. The summed E-state index contributed by atoms with van der Waals surface area (Å²) >= 11 is 3.50. The van der Waals surface area contributed by atoms with Gasteiger partial charge in [0.2, 0.25) is 0 Å². The van der Waals surface area contributed by atoms with Crippen molar-refractivity contribution in [1.29, 1.82) is 0 Å². The van der Waals surface area contributed by atoms with Crippen molar-refractivity contribution >= 4 is 22.2 Å². The molecule has 98 valence electrons. The van der Waals surface area contributed by atoms with Crippen molar-refractivity contribution in [2.24, 2.45) is 17.3 Å². The summed E-state index contributed by atoms with van der Waals surface area (Å²) in [5, 5.41) is 0. The Balaban J connectivity index is 0.000000686. The Kier molecular flexibility index (Phi) is 5.91. The molecule has 0 aromatic rings. The fourth-order valence-electron chi connectivity index (χ4n) is 3.78. The van der Waals surface area contributed by atoms with Gasteiger partial charge >= 0.3 is 0 Å². The first kappa shape index (κ1) is 14.9. The Morgan fingerprint density at radius 2 is 2.12 bits per heavy atom. The van der Waals surface area contributed by atoms with Gasteiger partial charge in [0, 0.05) is 6.42 Å². The lowest BCUT2D eigenvalue weighted by Crippen LogP contribution is -2.33. The predicted molar refractivity (Wildman–Crippen MR) is 77.2 cm³/mol. The zero-order valence-corrected chi connectivity index (χ0v) is 12.9. The van der Waals surface area contributed by atoms with Crippen molar-refractivity contribution in [2.45, 2.75) is 59.3 Å². The monoisotopic (exact) mass is 300 g/mol. The van der Waals surface area contributed by atoms with Gasteiger partial charge in [-0.05, 0) is 54.3 Å². The summed E-state index contributed by atoms with van der Waals surface area (Å²) < 4.78 is 0. The fraction of sp³-hybridized carbons (Fsp3) is 0.800. The van der Waals surface area contributed by atoms with E-state index < -0.39 is 0 Å². The van der Waals surface area contributed by atoms with E-state index in [4.69, 9.17) is 0 Å². The molecule has 3 unspecified atom stereocenters. The van der Waals surface area contributed by atoms with Crippen LogP contribution in [0, 0.1) is 17.3 Å². The standard InChI is InChI=1S/C13H19BrO.C2H6/c1-13-7-2-3-10(9-14)12(13)5-4-11(13)6-8-15;1-2/h8-9,11-12H,2-7H2,1H3;1-2H3/b10-9+;. The minimum Gasteiger partial charge on any atom is -0.303 e. The van der Waals surface area contributed by atoms with E-state index >= 15 is 0 Å². The van der Waals surface area contributed by atoms with Gasteiger partial charge in [-0.1, -0.05) is 42.3 Å². The Morgan fingerprint density at radius 3 is 2.71 bits per heavy atom. The highest BCUT2D eigenvalue weighted by Crippen LogP contribution is 2.58. The first-order chi connectivity index (χ1) is 8.22. The van der Waals surface area contributed by atoms with Crippen LogP contribution in [0.25, 0.3) is 0 Å². The average Bonchev–Trinajstić information content (AvgIpc) is 2.69. The van der Waals surface area contributed by atoms with Gasteiger partial charge in [0.15, 0.2) is 0 Å². The fourth-order valence-corrected chi connectivity index (χ4v) is 4.33. The van der Waals surface area contributed by atoms with Gasteiger partial charge in [-0.2, -0.15) is 0 Å². The SMILES string of the molecule is CC.CC12CCC/C(=C\Br)C1CCC2CC=O. The first-order valence-electron chi connectivity index (χ1n) is 6.95. The first-order valence-corrected chi connectivity index (χ1v) is 7.86. The molecule has 0 aromatic heterocycles. The molecule has 0 aliphatic heterocycles. The molecule has 0 amide bonds. The highest BCUT2D eigenvalue weighted by atomic mass is 79.9. The van der Waals surface area contributed by atoms with Gasteiger partial charge in [0.1, 0.15) is 6.29 Å². The molecule has 2 aliphatic rings. The number of halogens is 1. The molecular formula is C15H25BrO. The van der Waals surface area contributed by atoms with Crippen molar-refractivity contribution in [3.05, 3.63) is 10.6 Å². The van der Waals surface area contributed by atoms with Gasteiger partial charge in [0.25, 0.3) is 0 Å². The van der Waals surface area contributed by atoms with Crippen molar-refractivity contribution in [2.75, 3.05) is 0 Å². The summed E-state index contributed by atoms with van der Waals surface area (Å²) in [6.07, 6.45) is 8.25. The topological polar surface area (TPSA) is 17.1 Å². The molecule has 0 spiro atoms. The third kappa shape index (κ3) is 2.83. The van der Waals surface area contributed by atoms with Crippen molar-refractivity contribution in [1.82, 2.24) is 0 Å². The lowest BCUT2D eigenvalue weighted by atomic mass is 9.63. The summed E-state index contributed by atoms with van der Waals surface area (Å²) in [7, 11) is 0. The molecule has 2 rings (SSSR count). The quantitative estimate of drug-likeness (QED) is 0.649. The van der Waals surface area contributed by atoms with Gasteiger partial charge in [-0.15, -0.1) is 0 Å². The summed E-state index contributed by atoms with van der Waals surface area (Å²) in [6.45, 7) is 6.40. The van der Waals surface area contributed by atoms with Crippen LogP contribution >= 0.6 is 15.9 Å². The molecule has 0 aromatic carbocycles. The number of carbonyl (C=O) groups is 1. The normalized spacial score (nSPS) is 38.2. The molecule has 2 aliphatic carbocycles. The Hall–Kier alpha value is -0.110. The highest BCUT2D eigenvalue weighted by Gasteiger charge is 2.48. The van der Waals surface area contributed by atoms with Gasteiger partial charge in [-0.3, -0.25) is 0 Å². The number of aldehydes is 1. The van der Waals surface area contributed by atoms with Crippen molar-refractivity contribution in [3.63, 3.8) is 0 Å². The second-order valence-electron chi connectivity index (χ2n) is 5.27. The van der Waals surface area contributed by atoms with Crippen LogP contribution < -0.4 is 0 Å². The van der Waals surface area contributed by atoms with E-state index in [1.54, 1.807) is 5.57 Å². The van der Waals surface area contributed by atoms with Crippen LogP contribution in [0.3, 0.4) is 0 Å². The van der Waals surface area contributed by atoms with Crippen LogP contribution in [0.5, 0.6) is 0 Å². The van der Waals surface area contributed by atoms with E-state index in [2.05, 4.69) is 27.8 Å². The number of hydrogen-bond donors (Lipinski definition) is 0. The molecule has 17 heavy (non-hydrogen) atoms. The molecule has 0 N–H and O–H groups in total. The van der Waals surface area contributed by atoms with E-state index in [0.29, 0.717) is 11.3 Å². The molecular weight excluding hydrogens is 276 g/mol. The Morgan fingerprint density at radius 1 is 1.41 bits per heavy atom. The number of rotatable bonds is 2. The zero-order chi connectivity index (χ0) is 12.9. The summed E-state index contributed by atoms with van der Waals surface area (Å²) in [4.78, 5) is 12.8. The van der Waals surface area contributed by atoms with Gasteiger partial charge in [0.05, 0.1) is 0 Å². The van der Waals surface area contributed by atoms with Crippen LogP contribution in [0.2, 0.25) is 0 Å². The van der Waals surface area contributed by atoms with Crippen LogP contribution in [0.15, 0.2) is 10.6 Å². The molecule has 2 saturated carbocycles. The molecule has 0 heterocycles. The lowest BCUT2D eigenvalue weighted by molar-refractivity contribution is -0.109. The Labute approximate surface area is 114 Å². The maximum Gasteiger partial charge on any atom is 0.120 e. The third-order valence-corrected chi connectivity index (χ3v) is 5.27. The van der Waals surface area contributed by atoms with Crippen LogP contribution in [0.1, 0.15) is 59.3 Å². The molecule has 0 radical (unpaired) electrons. The molecule has 0 bridgehead atoms. The molecule has 1 nitrogen and oxygen atoms in total. The second kappa shape index (κ2) is 6.72. The minimum atomic E-state index is 0.402. The predicted octanol–water partition coefficient (Wildman–Crippen LogP) is 5.10. The number of allylic oxidation sites excluding steroid dienone is 1. The van der Waals surface area contributed by atoms with Gasteiger partial charge < -0.3 is 4.79 Å². The zero-order valence-electron chi connectivity index (χ0n) is 11.3. The van der Waals surface area contributed by atoms with Crippen LogP contribution in [-0.4, -0.2) is 6.29 Å². The molecule has 2 heteroatoms. The smallest absolute Gasteiger partial charge is 0.120 e. The minimum absolute atomic E-state index is 0.402. The summed E-state index contributed by atoms with van der Waals surface area (Å²) in [5.74, 6) is 1.36. The second-order valence-corrected chi connectivity index (χ2v) is 5.73. The number of fused-ring (bicyclic) bond motifs is 1. The van der Waals surface area contributed by atoms with Crippen LogP contribution in [0.4, 0.5) is 0 Å². The summed E-state index contributed by atoms with van der Waals surface area (Å²) in [5.41, 5.74) is 1.98. The van der Waals surface area contributed by atoms with E-state index in [-0.39, 0.29) is 0 Å².